The molecule has 0 aliphatic carbocycles. The van der Waals surface area contributed by atoms with E-state index in [1.54, 1.807) is 0 Å². The molecule has 4 nitrogen and oxygen atoms in total. The predicted octanol–water partition coefficient (Wildman–Crippen LogP) is 4.99. The Morgan fingerprint density at radius 1 is 0.906 bits per heavy atom. The summed E-state index contributed by atoms with van der Waals surface area (Å²) in [5.74, 6) is 0.482. The number of para-hydroxylation sites is 1. The van der Waals surface area contributed by atoms with Crippen LogP contribution in [0.5, 0.6) is 5.75 Å². The maximum Gasteiger partial charge on any atom is 0.260 e. The van der Waals surface area contributed by atoms with Crippen molar-refractivity contribution in [2.45, 2.75) is 32.5 Å². The molecule has 1 saturated heterocycles. The minimum atomic E-state index is -0.223. The second-order valence-electron chi connectivity index (χ2n) is 8.45. The summed E-state index contributed by atoms with van der Waals surface area (Å²) in [4.78, 5) is 17.3. The average Bonchev–Trinajstić information content (AvgIpc) is 2.82. The number of benzene rings is 3. The first-order chi connectivity index (χ1) is 15.5. The third-order valence-corrected chi connectivity index (χ3v) is 6.06. The van der Waals surface area contributed by atoms with E-state index in [9.17, 15) is 9.18 Å². The number of carbonyl (C=O) groups is 1. The van der Waals surface area contributed by atoms with E-state index in [1.165, 1.54) is 12.1 Å². The van der Waals surface area contributed by atoms with Crippen LogP contribution in [-0.2, 0) is 11.3 Å². The van der Waals surface area contributed by atoms with Crippen molar-refractivity contribution in [3.63, 3.8) is 0 Å². The van der Waals surface area contributed by atoms with Crippen molar-refractivity contribution in [1.82, 2.24) is 9.80 Å². The highest BCUT2D eigenvalue weighted by Crippen LogP contribution is 2.29. The summed E-state index contributed by atoms with van der Waals surface area (Å²) in [7, 11) is 0. The zero-order valence-corrected chi connectivity index (χ0v) is 18.6. The van der Waals surface area contributed by atoms with Crippen LogP contribution in [0, 0.1) is 5.82 Å². The molecule has 1 heterocycles. The van der Waals surface area contributed by atoms with Gasteiger partial charge in [-0.05, 0) is 43.2 Å². The molecule has 3 aromatic rings. The lowest BCUT2D eigenvalue weighted by atomic mass is 10.0. The van der Waals surface area contributed by atoms with Crippen LogP contribution in [0.25, 0.3) is 11.1 Å². The Morgan fingerprint density at radius 3 is 2.34 bits per heavy atom. The van der Waals surface area contributed by atoms with Crippen molar-refractivity contribution in [2.75, 3.05) is 19.7 Å². The molecule has 32 heavy (non-hydrogen) atoms. The van der Waals surface area contributed by atoms with Crippen LogP contribution in [0.2, 0.25) is 0 Å². The molecule has 2 atom stereocenters. The fourth-order valence-corrected chi connectivity index (χ4v) is 4.26. The quantitative estimate of drug-likeness (QED) is 0.550. The molecule has 166 valence electrons. The molecule has 1 aliphatic heterocycles. The summed E-state index contributed by atoms with van der Waals surface area (Å²) in [6.07, 6.45) is 0. The molecule has 0 spiro atoms. The van der Waals surface area contributed by atoms with Gasteiger partial charge in [-0.15, -0.1) is 0 Å². The lowest BCUT2D eigenvalue weighted by molar-refractivity contribution is -0.139. The number of piperazine rings is 1. The monoisotopic (exact) mass is 432 g/mol. The Balaban J connectivity index is 1.37. The SMILES string of the molecule is C[C@@H]1CN(Cc2ccc(F)cc2)[C@@H](C)CN1C(=O)COc1ccccc1-c1ccccc1. The van der Waals surface area contributed by atoms with Crippen LogP contribution in [0.15, 0.2) is 78.9 Å². The van der Waals surface area contributed by atoms with Crippen LogP contribution < -0.4 is 4.74 Å². The van der Waals surface area contributed by atoms with E-state index in [0.717, 1.165) is 29.8 Å². The van der Waals surface area contributed by atoms with Crippen LogP contribution >= 0.6 is 0 Å². The van der Waals surface area contributed by atoms with Gasteiger partial charge in [-0.25, -0.2) is 4.39 Å². The molecule has 5 heteroatoms. The highest BCUT2D eigenvalue weighted by molar-refractivity contribution is 5.79. The Bertz CT molecular complexity index is 1040. The van der Waals surface area contributed by atoms with Gasteiger partial charge in [0.1, 0.15) is 11.6 Å². The van der Waals surface area contributed by atoms with Crippen molar-refractivity contribution in [2.24, 2.45) is 0 Å². The number of halogens is 1. The highest BCUT2D eigenvalue weighted by atomic mass is 19.1. The van der Waals surface area contributed by atoms with E-state index in [2.05, 4.69) is 18.7 Å². The molecule has 0 N–H and O–H groups in total. The molecule has 0 bridgehead atoms. The van der Waals surface area contributed by atoms with Crippen LogP contribution in [0.3, 0.4) is 0 Å². The van der Waals surface area contributed by atoms with Crippen molar-refractivity contribution in [3.8, 4) is 16.9 Å². The second kappa shape index (κ2) is 9.96. The fraction of sp³-hybridized carbons (Fsp3) is 0.296. The Kier molecular flexibility index (Phi) is 6.86. The van der Waals surface area contributed by atoms with E-state index in [0.29, 0.717) is 12.3 Å². The molecular weight excluding hydrogens is 403 g/mol. The minimum Gasteiger partial charge on any atom is -0.483 e. The summed E-state index contributed by atoms with van der Waals surface area (Å²) in [6, 6.07) is 24.8. The predicted molar refractivity (Wildman–Crippen MR) is 125 cm³/mol. The van der Waals surface area contributed by atoms with Gasteiger partial charge in [-0.3, -0.25) is 9.69 Å². The van der Waals surface area contributed by atoms with E-state index in [4.69, 9.17) is 4.74 Å². The molecule has 0 unspecified atom stereocenters. The number of amides is 1. The topological polar surface area (TPSA) is 32.8 Å². The number of hydrogen-bond acceptors (Lipinski definition) is 3. The molecular formula is C27H29FN2O2. The van der Waals surface area contributed by atoms with E-state index in [1.807, 2.05) is 71.6 Å². The number of rotatable bonds is 6. The summed E-state index contributed by atoms with van der Waals surface area (Å²) in [5.41, 5.74) is 3.12. The number of ether oxygens (including phenoxy) is 1. The molecule has 4 rings (SSSR count). The maximum atomic E-state index is 13.2. The first kappa shape index (κ1) is 22.0. The Labute approximate surface area is 189 Å². The van der Waals surface area contributed by atoms with Gasteiger partial charge in [0.2, 0.25) is 0 Å². The third kappa shape index (κ3) is 5.17. The van der Waals surface area contributed by atoms with E-state index < -0.39 is 0 Å². The van der Waals surface area contributed by atoms with Crippen LogP contribution in [0.4, 0.5) is 4.39 Å². The second-order valence-corrected chi connectivity index (χ2v) is 8.45. The van der Waals surface area contributed by atoms with E-state index >= 15 is 0 Å². The number of nitrogens with zero attached hydrogens (tertiary/aromatic N) is 2. The molecule has 0 saturated carbocycles. The highest BCUT2D eigenvalue weighted by Gasteiger charge is 2.32. The zero-order valence-electron chi connectivity index (χ0n) is 18.6. The number of hydrogen-bond donors (Lipinski definition) is 0. The Morgan fingerprint density at radius 2 is 1.59 bits per heavy atom. The van der Waals surface area contributed by atoms with Gasteiger partial charge < -0.3 is 9.64 Å². The van der Waals surface area contributed by atoms with Crippen molar-refractivity contribution in [3.05, 3.63) is 90.2 Å². The standard InChI is InChI=1S/C27H29FN2O2/c1-20-17-30(21(2)16-29(20)18-22-12-14-24(28)15-13-22)27(31)19-32-26-11-7-6-10-25(26)23-8-4-3-5-9-23/h3-15,20-21H,16-19H2,1-2H3/t20-,21+/m0/s1. The molecule has 0 aromatic heterocycles. The smallest absolute Gasteiger partial charge is 0.260 e. The third-order valence-electron chi connectivity index (χ3n) is 6.06. The maximum absolute atomic E-state index is 13.2. The lowest BCUT2D eigenvalue weighted by Gasteiger charge is -2.44. The largest absolute Gasteiger partial charge is 0.483 e. The molecule has 3 aromatic carbocycles. The van der Waals surface area contributed by atoms with Gasteiger partial charge in [0.05, 0.1) is 0 Å². The van der Waals surface area contributed by atoms with Gasteiger partial charge in [-0.2, -0.15) is 0 Å². The summed E-state index contributed by atoms with van der Waals surface area (Å²) in [6.45, 7) is 6.37. The van der Waals surface area contributed by atoms with Crippen molar-refractivity contribution < 1.29 is 13.9 Å². The zero-order chi connectivity index (χ0) is 22.5. The lowest BCUT2D eigenvalue weighted by Crippen LogP contribution is -2.58. The first-order valence-electron chi connectivity index (χ1n) is 11.1. The summed E-state index contributed by atoms with van der Waals surface area (Å²) in [5, 5.41) is 0. The van der Waals surface area contributed by atoms with Crippen LogP contribution in [0.1, 0.15) is 19.4 Å². The summed E-state index contributed by atoms with van der Waals surface area (Å²) >= 11 is 0. The van der Waals surface area contributed by atoms with Crippen molar-refractivity contribution >= 4 is 5.91 Å². The van der Waals surface area contributed by atoms with Gasteiger partial charge in [0.25, 0.3) is 5.91 Å². The number of carbonyl (C=O) groups excluding carboxylic acids is 1. The average molecular weight is 433 g/mol. The molecule has 1 amide bonds. The van der Waals surface area contributed by atoms with Gasteiger partial charge in [0.15, 0.2) is 6.61 Å². The summed E-state index contributed by atoms with van der Waals surface area (Å²) < 4.78 is 19.2. The van der Waals surface area contributed by atoms with Gasteiger partial charge in [-0.1, -0.05) is 60.7 Å². The molecule has 0 radical (unpaired) electrons. The van der Waals surface area contributed by atoms with E-state index in [-0.39, 0.29) is 30.4 Å². The fourth-order valence-electron chi connectivity index (χ4n) is 4.26. The van der Waals surface area contributed by atoms with Gasteiger partial charge in [0, 0.05) is 37.3 Å². The van der Waals surface area contributed by atoms with Crippen molar-refractivity contribution in [1.29, 1.82) is 0 Å². The minimum absolute atomic E-state index is 0.00588. The molecule has 1 aliphatic rings. The Hall–Kier alpha value is -3.18. The van der Waals surface area contributed by atoms with Gasteiger partial charge >= 0.3 is 0 Å². The normalized spacial score (nSPS) is 19.0. The van der Waals surface area contributed by atoms with Crippen LogP contribution in [-0.4, -0.2) is 47.5 Å². The molecule has 1 fully saturated rings. The first-order valence-corrected chi connectivity index (χ1v) is 11.1.